The number of nitrogens with one attached hydrogen (secondary N) is 2. The normalized spacial score (nSPS) is 16.7. The first-order chi connectivity index (χ1) is 12.3. The smallest absolute Gasteiger partial charge is 0.211 e. The average molecular weight is 508 g/mol. The molecular weight excluding hydrogens is 475 g/mol. The summed E-state index contributed by atoms with van der Waals surface area (Å²) in [4.78, 5) is 4.28. The zero-order valence-electron chi connectivity index (χ0n) is 16.8. The molecule has 1 saturated heterocycles. The van der Waals surface area contributed by atoms with E-state index < -0.39 is 10.0 Å². The third-order valence-corrected chi connectivity index (χ3v) is 6.12. The van der Waals surface area contributed by atoms with Crippen LogP contribution >= 0.6 is 24.0 Å². The summed E-state index contributed by atoms with van der Waals surface area (Å²) in [6, 6.07) is 6.63. The maximum atomic E-state index is 11.6. The van der Waals surface area contributed by atoms with E-state index in [4.69, 9.17) is 0 Å². The van der Waals surface area contributed by atoms with E-state index in [0.717, 1.165) is 38.3 Å². The number of halogens is 1. The number of piperidine rings is 1. The fourth-order valence-corrected chi connectivity index (χ4v) is 4.32. The molecule has 1 heterocycles. The number of aliphatic imine (C=N–C) groups is 1. The fraction of sp³-hybridized carbons (Fsp3) is 0.632. The highest BCUT2D eigenvalue weighted by Gasteiger charge is 2.24. The number of hydrogen-bond donors (Lipinski definition) is 2. The minimum Gasteiger partial charge on any atom is -0.356 e. The molecule has 154 valence electrons. The van der Waals surface area contributed by atoms with Gasteiger partial charge in [-0.2, -0.15) is 0 Å². The number of benzene rings is 1. The second-order valence-electron chi connectivity index (χ2n) is 7.23. The minimum atomic E-state index is -3.05. The van der Waals surface area contributed by atoms with E-state index >= 15 is 0 Å². The summed E-state index contributed by atoms with van der Waals surface area (Å²) in [6.07, 6.45) is 4.02. The van der Waals surface area contributed by atoms with Gasteiger partial charge < -0.3 is 10.6 Å². The van der Waals surface area contributed by atoms with Crippen molar-refractivity contribution in [3.05, 3.63) is 34.9 Å². The lowest BCUT2D eigenvalue weighted by Gasteiger charge is -2.30. The van der Waals surface area contributed by atoms with Crippen LogP contribution in [0.25, 0.3) is 0 Å². The molecule has 1 aliphatic heterocycles. The van der Waals surface area contributed by atoms with Gasteiger partial charge >= 0.3 is 0 Å². The summed E-state index contributed by atoms with van der Waals surface area (Å²) >= 11 is 0. The quantitative estimate of drug-likeness (QED) is 0.352. The Morgan fingerprint density at radius 1 is 1.15 bits per heavy atom. The Labute approximate surface area is 181 Å². The maximum absolute atomic E-state index is 11.6. The van der Waals surface area contributed by atoms with Gasteiger partial charge in [-0.1, -0.05) is 29.3 Å². The number of rotatable bonds is 6. The molecule has 6 nitrogen and oxygen atoms in total. The molecule has 2 N–H and O–H groups in total. The van der Waals surface area contributed by atoms with Crippen molar-refractivity contribution in [2.45, 2.75) is 33.1 Å². The van der Waals surface area contributed by atoms with Crippen LogP contribution in [0.15, 0.2) is 23.2 Å². The SMILES string of the molecule is CN=C(NCCc1cc(C)cc(C)c1)NCC1CCN(S(C)(=O)=O)CC1.I. The predicted octanol–water partition coefficient (Wildman–Crippen LogP) is 2.30. The van der Waals surface area contributed by atoms with E-state index in [2.05, 4.69) is 47.7 Å². The summed E-state index contributed by atoms with van der Waals surface area (Å²) in [5, 5.41) is 6.73. The number of nitrogens with zero attached hydrogens (tertiary/aromatic N) is 2. The number of guanidine groups is 1. The van der Waals surface area contributed by atoms with Gasteiger partial charge in [-0.3, -0.25) is 4.99 Å². The Morgan fingerprint density at radius 2 is 1.74 bits per heavy atom. The summed E-state index contributed by atoms with van der Waals surface area (Å²) < 4.78 is 24.7. The van der Waals surface area contributed by atoms with Crippen molar-refractivity contribution < 1.29 is 8.42 Å². The van der Waals surface area contributed by atoms with Gasteiger partial charge in [0.05, 0.1) is 6.26 Å². The predicted molar refractivity (Wildman–Crippen MR) is 124 cm³/mol. The van der Waals surface area contributed by atoms with E-state index in [0.29, 0.717) is 19.0 Å². The standard InChI is InChI=1S/C19H32N4O2S.HI/c1-15-11-16(2)13-18(12-15)5-8-21-19(20-3)22-14-17-6-9-23(10-7-17)26(4,24)25;/h11-13,17H,5-10,14H2,1-4H3,(H2,20,21,22);1H. The molecule has 1 aliphatic rings. The topological polar surface area (TPSA) is 73.8 Å². The molecule has 0 bridgehead atoms. The summed E-state index contributed by atoms with van der Waals surface area (Å²) in [6.45, 7) is 7.13. The Balaban J connectivity index is 0.00000364. The molecule has 0 aromatic heterocycles. The van der Waals surface area contributed by atoms with E-state index in [1.165, 1.54) is 22.9 Å². The molecular formula is C19H33IN4O2S. The zero-order valence-corrected chi connectivity index (χ0v) is 19.9. The first-order valence-electron chi connectivity index (χ1n) is 9.24. The van der Waals surface area contributed by atoms with Crippen LogP contribution in [0.4, 0.5) is 0 Å². The highest BCUT2D eigenvalue weighted by atomic mass is 127. The van der Waals surface area contributed by atoms with Crippen molar-refractivity contribution >= 4 is 40.0 Å². The van der Waals surface area contributed by atoms with Gasteiger partial charge in [0, 0.05) is 33.2 Å². The third kappa shape index (κ3) is 8.35. The number of hydrogen-bond acceptors (Lipinski definition) is 3. The highest BCUT2D eigenvalue weighted by molar-refractivity contribution is 14.0. The van der Waals surface area contributed by atoms with Crippen LogP contribution < -0.4 is 10.6 Å². The first kappa shape index (κ1) is 24.2. The van der Waals surface area contributed by atoms with Gasteiger partial charge in [0.1, 0.15) is 0 Å². The molecule has 1 aromatic rings. The van der Waals surface area contributed by atoms with Crippen LogP contribution in [-0.4, -0.2) is 58.2 Å². The van der Waals surface area contributed by atoms with Crippen LogP contribution in [0.3, 0.4) is 0 Å². The average Bonchev–Trinajstić information content (AvgIpc) is 2.56. The molecule has 0 aliphatic carbocycles. The van der Waals surface area contributed by atoms with E-state index in [1.807, 2.05) is 0 Å². The van der Waals surface area contributed by atoms with Crippen LogP contribution in [0, 0.1) is 19.8 Å². The lowest BCUT2D eigenvalue weighted by molar-refractivity contribution is 0.275. The van der Waals surface area contributed by atoms with Crippen LogP contribution in [-0.2, 0) is 16.4 Å². The molecule has 27 heavy (non-hydrogen) atoms. The van der Waals surface area contributed by atoms with Crippen molar-refractivity contribution in [1.82, 2.24) is 14.9 Å². The molecule has 2 rings (SSSR count). The van der Waals surface area contributed by atoms with Crippen molar-refractivity contribution in [3.63, 3.8) is 0 Å². The Bertz CT molecular complexity index is 709. The van der Waals surface area contributed by atoms with E-state index in [9.17, 15) is 8.42 Å². The second kappa shape index (κ2) is 11.2. The molecule has 1 aromatic carbocycles. The number of sulfonamides is 1. The van der Waals surface area contributed by atoms with Gasteiger partial charge in [-0.15, -0.1) is 24.0 Å². The summed E-state index contributed by atoms with van der Waals surface area (Å²) in [5.74, 6) is 1.28. The van der Waals surface area contributed by atoms with E-state index in [1.54, 1.807) is 11.4 Å². The maximum Gasteiger partial charge on any atom is 0.211 e. The lowest BCUT2D eigenvalue weighted by atomic mass is 9.98. The van der Waals surface area contributed by atoms with Crippen LogP contribution in [0.2, 0.25) is 0 Å². The van der Waals surface area contributed by atoms with Crippen LogP contribution in [0.1, 0.15) is 29.5 Å². The molecule has 0 atom stereocenters. The van der Waals surface area contributed by atoms with Crippen LogP contribution in [0.5, 0.6) is 0 Å². The first-order valence-corrected chi connectivity index (χ1v) is 11.1. The molecule has 0 amide bonds. The fourth-order valence-electron chi connectivity index (χ4n) is 3.45. The molecule has 0 unspecified atom stereocenters. The molecule has 0 saturated carbocycles. The van der Waals surface area contributed by atoms with Gasteiger partial charge in [0.15, 0.2) is 5.96 Å². The van der Waals surface area contributed by atoms with Gasteiger partial charge in [0.25, 0.3) is 0 Å². The molecule has 8 heteroatoms. The van der Waals surface area contributed by atoms with Crippen molar-refractivity contribution in [3.8, 4) is 0 Å². The highest BCUT2D eigenvalue weighted by Crippen LogP contribution is 2.18. The number of aryl methyl sites for hydroxylation is 2. The zero-order chi connectivity index (χ0) is 19.2. The summed E-state index contributed by atoms with van der Waals surface area (Å²) in [5.41, 5.74) is 3.92. The Hall–Kier alpha value is -0.870. The monoisotopic (exact) mass is 508 g/mol. The molecule has 0 radical (unpaired) electrons. The Kier molecular flexibility index (Phi) is 10.0. The largest absolute Gasteiger partial charge is 0.356 e. The van der Waals surface area contributed by atoms with Gasteiger partial charge in [-0.25, -0.2) is 12.7 Å². The minimum absolute atomic E-state index is 0. The van der Waals surface area contributed by atoms with E-state index in [-0.39, 0.29) is 24.0 Å². The van der Waals surface area contributed by atoms with Crippen molar-refractivity contribution in [2.24, 2.45) is 10.9 Å². The van der Waals surface area contributed by atoms with Crippen molar-refractivity contribution in [1.29, 1.82) is 0 Å². The Morgan fingerprint density at radius 3 is 2.26 bits per heavy atom. The van der Waals surface area contributed by atoms with Crippen molar-refractivity contribution in [2.75, 3.05) is 39.5 Å². The molecule has 1 fully saturated rings. The van der Waals surface area contributed by atoms with Gasteiger partial charge in [-0.05, 0) is 44.6 Å². The second-order valence-corrected chi connectivity index (χ2v) is 9.21. The molecule has 0 spiro atoms. The van der Waals surface area contributed by atoms with Gasteiger partial charge in [0.2, 0.25) is 10.0 Å². The lowest BCUT2D eigenvalue weighted by Crippen LogP contribution is -2.44. The summed E-state index contributed by atoms with van der Waals surface area (Å²) in [7, 11) is -1.28. The third-order valence-electron chi connectivity index (χ3n) is 4.81.